The summed E-state index contributed by atoms with van der Waals surface area (Å²) in [6.07, 6.45) is 16.8. The molecule has 6 unspecified atom stereocenters. The van der Waals surface area contributed by atoms with Crippen molar-refractivity contribution in [2.45, 2.75) is 94.8 Å². The number of hydrogen-bond donors (Lipinski definition) is 0. The molecule has 0 radical (unpaired) electrons. The van der Waals surface area contributed by atoms with Crippen molar-refractivity contribution >= 4 is 104 Å². The summed E-state index contributed by atoms with van der Waals surface area (Å²) in [6, 6.07) is 41.2. The number of rotatable bonds is 3. The summed E-state index contributed by atoms with van der Waals surface area (Å²) < 4.78 is 15.4. The fraction of sp³-hybridized carbons (Fsp3) is 0.345. The molecule has 5 bridgehead atoms. The lowest BCUT2D eigenvalue weighted by Gasteiger charge is -2.46. The summed E-state index contributed by atoms with van der Waals surface area (Å²) in [5.74, 6) is 4.55. The minimum Gasteiger partial charge on any atom is -0.454 e. The van der Waals surface area contributed by atoms with Crippen LogP contribution in [0.2, 0.25) is 0 Å². The Morgan fingerprint density at radius 1 is 0.651 bits per heavy atom. The highest BCUT2D eigenvalue weighted by atomic mass is 32.1. The SMILES string of the molecule is CCC1(c2ccc3c(c2)c2cc(C45CCC6CC(CC6C4)C5)cc4c2n3B2c3c-4cc4c(oc5ccccc54)c3-n3c4c2cccc4c2sc4ccccc4c23)CC2CCC(C2)C1. The summed E-state index contributed by atoms with van der Waals surface area (Å²) in [5.41, 5.74) is 18.3. The Kier molecular flexibility index (Phi) is 6.15. The fourth-order valence-corrected chi connectivity index (χ4v) is 18.3. The molecule has 0 saturated heterocycles. The fourth-order valence-electron chi connectivity index (χ4n) is 17.0. The van der Waals surface area contributed by atoms with Crippen LogP contribution in [0, 0.1) is 29.6 Å². The molecule has 0 N–H and O–H groups in total. The summed E-state index contributed by atoms with van der Waals surface area (Å²) >= 11 is 1.96. The number of para-hydroxylation sites is 2. The number of fused-ring (bicyclic) bond motifs is 20. The van der Waals surface area contributed by atoms with Gasteiger partial charge in [0.05, 0.1) is 21.4 Å². The Bertz CT molecular complexity index is 3730. The van der Waals surface area contributed by atoms with E-state index in [4.69, 9.17) is 4.42 Å². The van der Waals surface area contributed by atoms with E-state index in [1.165, 1.54) is 169 Å². The van der Waals surface area contributed by atoms with Crippen LogP contribution in [-0.2, 0) is 10.8 Å². The predicted octanol–water partition coefficient (Wildman–Crippen LogP) is 14.3. The lowest BCUT2D eigenvalue weighted by atomic mass is 9.45. The predicted molar refractivity (Wildman–Crippen MR) is 264 cm³/mol. The van der Waals surface area contributed by atoms with Crippen LogP contribution >= 0.6 is 11.3 Å². The Morgan fingerprint density at radius 3 is 2.38 bits per heavy atom. The maximum atomic E-state index is 7.20. The largest absolute Gasteiger partial charge is 0.454 e. The highest BCUT2D eigenvalue weighted by molar-refractivity contribution is 7.26. The second kappa shape index (κ2) is 11.3. The zero-order valence-electron chi connectivity index (χ0n) is 36.0. The maximum Gasteiger partial charge on any atom is 0.333 e. The summed E-state index contributed by atoms with van der Waals surface area (Å²) in [4.78, 5) is 0. The number of aromatic nitrogens is 2. The molecule has 5 fully saturated rings. The van der Waals surface area contributed by atoms with Crippen LogP contribution < -0.4 is 10.9 Å². The summed E-state index contributed by atoms with van der Waals surface area (Å²) in [7, 11) is 0. The van der Waals surface area contributed by atoms with E-state index in [1.54, 1.807) is 11.1 Å². The van der Waals surface area contributed by atoms with E-state index >= 15 is 0 Å². The van der Waals surface area contributed by atoms with Crippen LogP contribution in [0.1, 0.15) is 95.1 Å². The smallest absolute Gasteiger partial charge is 0.333 e. The molecule has 2 aliphatic heterocycles. The van der Waals surface area contributed by atoms with E-state index in [0.717, 1.165) is 40.8 Å². The van der Waals surface area contributed by atoms with Gasteiger partial charge in [-0.3, -0.25) is 0 Å². The third-order valence-corrected chi connectivity index (χ3v) is 20.6. The molecule has 5 saturated carbocycles. The van der Waals surface area contributed by atoms with Gasteiger partial charge in [0.1, 0.15) is 5.58 Å². The standard InChI is InChI=1S/C58H49BN2OS/c1-2-57(27-31-14-15-32(20-31)28-57)36-16-17-47-41(23-36)43-24-37(58-19-18-34-21-33(29-58)22-35(34)30-58)25-44-42-26-45-38-8-3-5-12-48(38)62-55(45)54-50(42)59(61(47)51(43)44)46-11-7-10-40-52(46)60(54)53-39-9-4-6-13-49(39)63-56(40)53/h3-13,16-17,23-26,31-35H,2,14-15,18-22,27-30H2,1H3. The summed E-state index contributed by atoms with van der Waals surface area (Å²) in [6.45, 7) is 2.52. The Hall–Kier alpha value is -5.26. The lowest BCUT2D eigenvalue weighted by molar-refractivity contribution is 0.139. The van der Waals surface area contributed by atoms with Gasteiger partial charge in [-0.05, 0) is 175 Å². The van der Waals surface area contributed by atoms with Gasteiger partial charge in [-0.25, -0.2) is 0 Å². The topological polar surface area (TPSA) is 23.0 Å². The van der Waals surface area contributed by atoms with Gasteiger partial charge in [0.15, 0.2) is 5.58 Å². The van der Waals surface area contributed by atoms with Crippen LogP contribution in [0.15, 0.2) is 108 Å². The maximum absolute atomic E-state index is 7.20. The van der Waals surface area contributed by atoms with Crippen molar-refractivity contribution in [1.82, 2.24) is 9.05 Å². The molecule has 17 rings (SSSR count). The highest BCUT2D eigenvalue weighted by Crippen LogP contribution is 2.63. The highest BCUT2D eigenvalue weighted by Gasteiger charge is 2.53. The van der Waals surface area contributed by atoms with Gasteiger partial charge in [-0.2, -0.15) is 0 Å². The number of thiophene rings is 1. The second-order valence-corrected chi connectivity index (χ2v) is 23.2. The second-order valence-electron chi connectivity index (χ2n) is 22.1. The molecule has 7 aliphatic rings. The first kappa shape index (κ1) is 34.2. The average Bonchev–Trinajstić information content (AvgIpc) is 4.15. The first-order chi connectivity index (χ1) is 31.0. The number of furan rings is 1. The molecular formula is C58H49BN2OS. The van der Waals surface area contributed by atoms with Gasteiger partial charge in [0.2, 0.25) is 0 Å². The molecule has 0 spiro atoms. The zero-order chi connectivity index (χ0) is 40.7. The Morgan fingerprint density at radius 2 is 1.48 bits per heavy atom. The van der Waals surface area contributed by atoms with Crippen LogP contribution in [-0.4, -0.2) is 15.9 Å². The molecule has 3 nitrogen and oxygen atoms in total. The molecule has 6 atom stereocenters. The van der Waals surface area contributed by atoms with Gasteiger partial charge in [0.25, 0.3) is 0 Å². The molecule has 5 heteroatoms. The van der Waals surface area contributed by atoms with E-state index in [-0.39, 0.29) is 17.7 Å². The molecule has 6 aromatic carbocycles. The molecule has 5 aliphatic carbocycles. The average molecular weight is 833 g/mol. The van der Waals surface area contributed by atoms with E-state index < -0.39 is 0 Å². The molecule has 63 heavy (non-hydrogen) atoms. The van der Waals surface area contributed by atoms with Crippen molar-refractivity contribution in [1.29, 1.82) is 0 Å². The van der Waals surface area contributed by atoms with Crippen LogP contribution in [0.25, 0.3) is 91.8 Å². The van der Waals surface area contributed by atoms with Crippen LogP contribution in [0.4, 0.5) is 0 Å². The lowest BCUT2D eigenvalue weighted by Crippen LogP contribution is -2.55. The monoisotopic (exact) mass is 832 g/mol. The van der Waals surface area contributed by atoms with Crippen molar-refractivity contribution < 1.29 is 4.42 Å². The van der Waals surface area contributed by atoms with Crippen molar-refractivity contribution in [3.63, 3.8) is 0 Å². The van der Waals surface area contributed by atoms with E-state index in [9.17, 15) is 0 Å². The Labute approximate surface area is 371 Å². The number of nitrogens with zero attached hydrogens (tertiary/aromatic N) is 2. The minimum atomic E-state index is 0.0214. The molecule has 4 aromatic heterocycles. The minimum absolute atomic E-state index is 0.0214. The van der Waals surface area contributed by atoms with Gasteiger partial charge >= 0.3 is 6.85 Å². The van der Waals surface area contributed by atoms with Gasteiger partial charge in [-0.15, -0.1) is 11.3 Å². The van der Waals surface area contributed by atoms with E-state index in [2.05, 4.69) is 119 Å². The van der Waals surface area contributed by atoms with Crippen LogP contribution in [0.5, 0.6) is 0 Å². The molecular weight excluding hydrogens is 784 g/mol. The van der Waals surface area contributed by atoms with Crippen molar-refractivity contribution in [2.24, 2.45) is 29.6 Å². The summed E-state index contributed by atoms with van der Waals surface area (Å²) in [5, 5.41) is 8.14. The van der Waals surface area contributed by atoms with E-state index in [1.807, 2.05) is 11.3 Å². The van der Waals surface area contributed by atoms with Crippen LogP contribution in [0.3, 0.4) is 0 Å². The van der Waals surface area contributed by atoms with Gasteiger partial charge in [0, 0.05) is 53.6 Å². The quantitative estimate of drug-likeness (QED) is 0.163. The molecule has 6 heterocycles. The first-order valence-corrected chi connectivity index (χ1v) is 25.4. The van der Waals surface area contributed by atoms with Crippen molar-refractivity contribution in [2.75, 3.05) is 0 Å². The third-order valence-electron chi connectivity index (χ3n) is 19.4. The van der Waals surface area contributed by atoms with E-state index in [0.29, 0.717) is 0 Å². The first-order valence-electron chi connectivity index (χ1n) is 24.6. The van der Waals surface area contributed by atoms with Crippen molar-refractivity contribution in [3.8, 4) is 16.8 Å². The third kappa shape index (κ3) is 4.02. The van der Waals surface area contributed by atoms with Crippen molar-refractivity contribution in [3.05, 3.63) is 114 Å². The van der Waals surface area contributed by atoms with Gasteiger partial charge in [-0.1, -0.05) is 80.4 Å². The molecule has 306 valence electrons. The van der Waals surface area contributed by atoms with Gasteiger partial charge < -0.3 is 13.5 Å². The molecule has 10 aromatic rings. The normalized spacial score (nSPS) is 28.7. The Balaban J connectivity index is 1.05. The molecule has 0 amide bonds. The zero-order valence-corrected chi connectivity index (χ0v) is 36.8. The number of benzene rings is 6. The number of hydrogen-bond acceptors (Lipinski definition) is 2.